The van der Waals surface area contributed by atoms with Crippen LogP contribution in [0.4, 0.5) is 0 Å². The van der Waals surface area contributed by atoms with E-state index in [4.69, 9.17) is 0 Å². The smallest absolute Gasteiger partial charge is 0.336 e. The van der Waals surface area contributed by atoms with Gasteiger partial charge in [-0.15, -0.1) is 0 Å². The predicted octanol–water partition coefficient (Wildman–Crippen LogP) is 3.76. The first-order valence-corrected chi connectivity index (χ1v) is 7.03. The van der Waals surface area contributed by atoms with E-state index >= 15 is 0 Å². The molecule has 2 rings (SSSR count). The Bertz CT molecular complexity index is 615. The molecule has 0 saturated heterocycles. The summed E-state index contributed by atoms with van der Waals surface area (Å²) in [6, 6.07) is 14.5. The average Bonchev–Trinajstić information content (AvgIpc) is 2.38. The fourth-order valence-corrected chi connectivity index (χ4v) is 3.13. The molecule has 0 bridgehead atoms. The molecule has 0 aromatic heterocycles. The Kier molecular flexibility index (Phi) is 4.16. The van der Waals surface area contributed by atoms with Gasteiger partial charge >= 0.3 is 5.97 Å². The Morgan fingerprint density at radius 2 is 1.70 bits per heavy atom. The molecule has 0 fully saturated rings. The second-order valence-electron chi connectivity index (χ2n) is 4.96. The van der Waals surface area contributed by atoms with Crippen LogP contribution in [0.2, 0.25) is 0 Å². The molecule has 0 saturated carbocycles. The van der Waals surface area contributed by atoms with Crippen LogP contribution in [0.1, 0.15) is 29.8 Å². The zero-order valence-corrected chi connectivity index (χ0v) is 12.1. The summed E-state index contributed by atoms with van der Waals surface area (Å²) in [5, 5.41) is 19.6. The van der Waals surface area contributed by atoms with E-state index in [1.165, 1.54) is 11.8 Å². The lowest BCUT2D eigenvalue weighted by Gasteiger charge is -2.22. The largest absolute Gasteiger partial charge is 0.478 e. The maximum atomic E-state index is 11.4. The van der Waals surface area contributed by atoms with Crippen LogP contribution < -0.4 is 0 Å². The topological polar surface area (TPSA) is 57.5 Å². The summed E-state index contributed by atoms with van der Waals surface area (Å²) in [5.74, 6) is -0.991. The fourth-order valence-electron chi connectivity index (χ4n) is 1.90. The number of hydrogen-bond acceptors (Lipinski definition) is 3. The van der Waals surface area contributed by atoms with Crippen molar-refractivity contribution in [2.75, 3.05) is 0 Å². The molecule has 0 spiro atoms. The second-order valence-corrected chi connectivity index (χ2v) is 6.05. The Morgan fingerprint density at radius 3 is 2.25 bits per heavy atom. The third-order valence-electron chi connectivity index (χ3n) is 2.87. The summed E-state index contributed by atoms with van der Waals surface area (Å²) in [6.45, 7) is 3.31. The van der Waals surface area contributed by atoms with Gasteiger partial charge in [0.25, 0.3) is 0 Å². The molecule has 0 unspecified atom stereocenters. The van der Waals surface area contributed by atoms with Gasteiger partial charge in [-0.05, 0) is 37.6 Å². The van der Waals surface area contributed by atoms with Crippen LogP contribution in [0, 0.1) is 0 Å². The summed E-state index contributed by atoms with van der Waals surface area (Å²) in [7, 11) is 0. The SMILES string of the molecule is CC(C)(O)c1cccc(C(=O)O)c1Sc1ccccc1. The molecule has 104 valence electrons. The number of rotatable bonds is 4. The lowest BCUT2D eigenvalue weighted by Crippen LogP contribution is -2.18. The summed E-state index contributed by atoms with van der Waals surface area (Å²) < 4.78 is 0. The van der Waals surface area contributed by atoms with Crippen molar-refractivity contribution in [1.82, 2.24) is 0 Å². The summed E-state index contributed by atoms with van der Waals surface area (Å²) in [6.07, 6.45) is 0. The van der Waals surface area contributed by atoms with Gasteiger partial charge in [0.2, 0.25) is 0 Å². The van der Waals surface area contributed by atoms with Crippen LogP contribution in [-0.4, -0.2) is 16.2 Å². The van der Waals surface area contributed by atoms with Crippen LogP contribution in [0.3, 0.4) is 0 Å². The number of benzene rings is 2. The average molecular weight is 288 g/mol. The molecule has 0 amide bonds. The maximum Gasteiger partial charge on any atom is 0.336 e. The fraction of sp³-hybridized carbons (Fsp3) is 0.188. The van der Waals surface area contributed by atoms with E-state index in [1.807, 2.05) is 30.3 Å². The van der Waals surface area contributed by atoms with Crippen molar-refractivity contribution in [3.8, 4) is 0 Å². The number of carboxylic acids is 1. The van der Waals surface area contributed by atoms with E-state index in [9.17, 15) is 15.0 Å². The van der Waals surface area contributed by atoms with Crippen LogP contribution in [-0.2, 0) is 5.60 Å². The number of carboxylic acid groups (broad SMARTS) is 1. The van der Waals surface area contributed by atoms with E-state index in [1.54, 1.807) is 32.0 Å². The minimum absolute atomic E-state index is 0.207. The van der Waals surface area contributed by atoms with Gasteiger partial charge in [0, 0.05) is 9.79 Å². The van der Waals surface area contributed by atoms with Gasteiger partial charge in [-0.2, -0.15) is 0 Å². The number of hydrogen-bond donors (Lipinski definition) is 2. The van der Waals surface area contributed by atoms with Crippen LogP contribution in [0.25, 0.3) is 0 Å². The van der Waals surface area contributed by atoms with Gasteiger partial charge in [0.1, 0.15) is 0 Å². The maximum absolute atomic E-state index is 11.4. The Morgan fingerprint density at radius 1 is 1.05 bits per heavy atom. The minimum Gasteiger partial charge on any atom is -0.478 e. The van der Waals surface area contributed by atoms with Gasteiger partial charge < -0.3 is 10.2 Å². The Hall–Kier alpha value is -1.78. The molecule has 0 radical (unpaired) electrons. The van der Waals surface area contributed by atoms with E-state index in [-0.39, 0.29) is 5.56 Å². The number of carbonyl (C=O) groups is 1. The molecular formula is C16H16O3S. The first-order valence-electron chi connectivity index (χ1n) is 6.21. The molecular weight excluding hydrogens is 272 g/mol. The highest BCUT2D eigenvalue weighted by atomic mass is 32.2. The van der Waals surface area contributed by atoms with Crippen molar-refractivity contribution in [3.05, 3.63) is 59.7 Å². The van der Waals surface area contributed by atoms with E-state index < -0.39 is 11.6 Å². The molecule has 0 atom stereocenters. The lowest BCUT2D eigenvalue weighted by molar-refractivity contribution is 0.0682. The first kappa shape index (κ1) is 14.6. The molecule has 2 aromatic carbocycles. The second kappa shape index (κ2) is 5.69. The third kappa shape index (κ3) is 3.21. The molecule has 0 aliphatic heterocycles. The van der Waals surface area contributed by atoms with Crippen molar-refractivity contribution < 1.29 is 15.0 Å². The molecule has 2 N–H and O–H groups in total. The molecule has 0 aliphatic rings. The Labute approximate surface area is 122 Å². The normalized spacial score (nSPS) is 11.3. The molecule has 0 heterocycles. The molecule has 4 heteroatoms. The number of aliphatic hydroxyl groups is 1. The van der Waals surface area contributed by atoms with Gasteiger partial charge in [-0.1, -0.05) is 42.1 Å². The molecule has 0 aliphatic carbocycles. The van der Waals surface area contributed by atoms with Crippen LogP contribution in [0.15, 0.2) is 58.3 Å². The van der Waals surface area contributed by atoms with Gasteiger partial charge in [0.05, 0.1) is 11.2 Å². The third-order valence-corrected chi connectivity index (χ3v) is 4.02. The van der Waals surface area contributed by atoms with Gasteiger partial charge in [-0.3, -0.25) is 0 Å². The van der Waals surface area contributed by atoms with E-state index in [0.29, 0.717) is 10.5 Å². The van der Waals surface area contributed by atoms with E-state index in [0.717, 1.165) is 4.90 Å². The highest BCUT2D eigenvalue weighted by molar-refractivity contribution is 7.99. The van der Waals surface area contributed by atoms with E-state index in [2.05, 4.69) is 0 Å². The predicted molar refractivity (Wildman–Crippen MR) is 79.2 cm³/mol. The summed E-state index contributed by atoms with van der Waals surface area (Å²) >= 11 is 1.36. The van der Waals surface area contributed by atoms with Gasteiger partial charge in [0.15, 0.2) is 0 Å². The van der Waals surface area contributed by atoms with Gasteiger partial charge in [-0.25, -0.2) is 4.79 Å². The van der Waals surface area contributed by atoms with Crippen molar-refractivity contribution in [3.63, 3.8) is 0 Å². The van der Waals surface area contributed by atoms with Crippen LogP contribution in [0.5, 0.6) is 0 Å². The standard InChI is InChI=1S/C16H16O3S/c1-16(2,19)13-10-6-9-12(15(17)18)14(13)20-11-7-4-3-5-8-11/h3-10,19H,1-2H3,(H,17,18). The first-order chi connectivity index (χ1) is 9.39. The van der Waals surface area contributed by atoms with Crippen molar-refractivity contribution in [2.45, 2.75) is 29.2 Å². The minimum atomic E-state index is -1.09. The Balaban J connectivity index is 2.56. The highest BCUT2D eigenvalue weighted by Crippen LogP contribution is 2.37. The lowest BCUT2D eigenvalue weighted by atomic mass is 9.96. The summed E-state index contributed by atoms with van der Waals surface area (Å²) in [5.41, 5.74) is -0.271. The highest BCUT2D eigenvalue weighted by Gasteiger charge is 2.24. The molecule has 3 nitrogen and oxygen atoms in total. The van der Waals surface area contributed by atoms with Crippen molar-refractivity contribution in [2.24, 2.45) is 0 Å². The molecule has 20 heavy (non-hydrogen) atoms. The zero-order chi connectivity index (χ0) is 14.8. The van der Waals surface area contributed by atoms with Crippen molar-refractivity contribution in [1.29, 1.82) is 0 Å². The quantitative estimate of drug-likeness (QED) is 0.899. The zero-order valence-electron chi connectivity index (χ0n) is 11.3. The number of aromatic carboxylic acids is 1. The monoisotopic (exact) mass is 288 g/mol. The van der Waals surface area contributed by atoms with Crippen molar-refractivity contribution >= 4 is 17.7 Å². The molecule has 2 aromatic rings. The van der Waals surface area contributed by atoms with Crippen LogP contribution >= 0.6 is 11.8 Å². The summed E-state index contributed by atoms with van der Waals surface area (Å²) in [4.78, 5) is 12.9.